The van der Waals surface area contributed by atoms with Crippen LogP contribution in [-0.2, 0) is 5.41 Å². The van der Waals surface area contributed by atoms with Gasteiger partial charge in [0.25, 0.3) is 5.91 Å². The maximum Gasteiger partial charge on any atom is 0.253 e. The van der Waals surface area contributed by atoms with Crippen molar-refractivity contribution >= 4 is 28.9 Å². The first-order chi connectivity index (χ1) is 12.3. The van der Waals surface area contributed by atoms with E-state index in [0.29, 0.717) is 23.8 Å². The van der Waals surface area contributed by atoms with E-state index in [1.54, 1.807) is 0 Å². The minimum absolute atomic E-state index is 0.0808. The van der Waals surface area contributed by atoms with Gasteiger partial charge in [0.1, 0.15) is 0 Å². The number of nitrogens with two attached hydrogens (primary N) is 1. The van der Waals surface area contributed by atoms with Gasteiger partial charge in [-0.1, -0.05) is 50.6 Å². The highest BCUT2D eigenvalue weighted by molar-refractivity contribution is 6.34. The third kappa shape index (κ3) is 3.80. The van der Waals surface area contributed by atoms with E-state index in [2.05, 4.69) is 25.7 Å². The number of piperazine rings is 1. The lowest BCUT2D eigenvalue weighted by molar-refractivity contribution is 0.0747. The van der Waals surface area contributed by atoms with Crippen LogP contribution in [-0.4, -0.2) is 37.0 Å². The maximum absolute atomic E-state index is 12.8. The molecule has 1 aliphatic rings. The number of hydrogen-bond acceptors (Lipinski definition) is 3. The summed E-state index contributed by atoms with van der Waals surface area (Å²) in [5, 5.41) is 0.655. The molecular weight excluding hydrogens is 346 g/mol. The molecule has 4 nitrogen and oxygen atoms in total. The van der Waals surface area contributed by atoms with Crippen molar-refractivity contribution in [3.8, 4) is 0 Å². The molecule has 3 rings (SSSR count). The van der Waals surface area contributed by atoms with Gasteiger partial charge in [-0.2, -0.15) is 0 Å². The molecular formula is C21H26ClN3O. The van der Waals surface area contributed by atoms with Gasteiger partial charge in [0, 0.05) is 31.7 Å². The minimum Gasteiger partial charge on any atom is -0.397 e. The van der Waals surface area contributed by atoms with Gasteiger partial charge in [0.2, 0.25) is 0 Å². The van der Waals surface area contributed by atoms with Gasteiger partial charge in [-0.3, -0.25) is 4.79 Å². The Bertz CT molecular complexity index is 768. The van der Waals surface area contributed by atoms with E-state index >= 15 is 0 Å². The average molecular weight is 372 g/mol. The van der Waals surface area contributed by atoms with Crippen molar-refractivity contribution in [1.29, 1.82) is 0 Å². The summed E-state index contributed by atoms with van der Waals surface area (Å²) in [5.41, 5.74) is 9.68. The molecule has 5 heteroatoms. The van der Waals surface area contributed by atoms with Crippen molar-refractivity contribution < 1.29 is 4.79 Å². The molecule has 1 amide bonds. The Balaban J connectivity index is 1.67. The van der Waals surface area contributed by atoms with Crippen LogP contribution in [0.25, 0.3) is 0 Å². The van der Waals surface area contributed by atoms with Crippen LogP contribution in [0.2, 0.25) is 5.02 Å². The Labute approximate surface area is 160 Å². The molecule has 0 atom stereocenters. The lowest BCUT2D eigenvalue weighted by Gasteiger charge is -2.37. The lowest BCUT2D eigenvalue weighted by Crippen LogP contribution is -2.49. The molecule has 26 heavy (non-hydrogen) atoms. The molecule has 0 bridgehead atoms. The second-order valence-corrected chi connectivity index (χ2v) is 8.19. The standard InChI is InChI=1S/C21H26ClN3O/c1-21(2,3)16-9-7-15(8-10-16)20(26)25-13-11-24(12-14-25)19-17(22)5-4-6-18(19)23/h4-10H,11-14,23H2,1-3H3. The van der Waals surface area contributed by atoms with Crippen LogP contribution in [0.4, 0.5) is 11.4 Å². The van der Waals surface area contributed by atoms with Crippen LogP contribution < -0.4 is 10.6 Å². The van der Waals surface area contributed by atoms with E-state index in [9.17, 15) is 4.79 Å². The van der Waals surface area contributed by atoms with Crippen LogP contribution in [0.3, 0.4) is 0 Å². The molecule has 1 saturated heterocycles. The summed E-state index contributed by atoms with van der Waals surface area (Å²) < 4.78 is 0. The highest BCUT2D eigenvalue weighted by atomic mass is 35.5. The molecule has 0 radical (unpaired) electrons. The Morgan fingerprint density at radius 2 is 1.62 bits per heavy atom. The number of nitrogens with zero attached hydrogens (tertiary/aromatic N) is 2. The fourth-order valence-corrected chi connectivity index (χ4v) is 3.60. The van der Waals surface area contributed by atoms with Crippen LogP contribution in [0.5, 0.6) is 0 Å². The molecule has 2 aromatic rings. The van der Waals surface area contributed by atoms with Crippen LogP contribution in [0, 0.1) is 0 Å². The third-order valence-corrected chi connectivity index (χ3v) is 5.20. The van der Waals surface area contributed by atoms with Crippen molar-refractivity contribution in [1.82, 2.24) is 4.90 Å². The van der Waals surface area contributed by atoms with Gasteiger partial charge in [0.15, 0.2) is 0 Å². The van der Waals surface area contributed by atoms with Gasteiger partial charge in [-0.25, -0.2) is 0 Å². The largest absolute Gasteiger partial charge is 0.397 e. The third-order valence-electron chi connectivity index (χ3n) is 4.90. The normalized spacial score (nSPS) is 15.2. The molecule has 1 aliphatic heterocycles. The quantitative estimate of drug-likeness (QED) is 0.805. The summed E-state index contributed by atoms with van der Waals surface area (Å²) in [4.78, 5) is 16.8. The smallest absolute Gasteiger partial charge is 0.253 e. The maximum atomic E-state index is 12.8. The molecule has 1 heterocycles. The van der Waals surface area contributed by atoms with Crippen LogP contribution in [0.15, 0.2) is 42.5 Å². The monoisotopic (exact) mass is 371 g/mol. The Hall–Kier alpha value is -2.20. The molecule has 0 aliphatic carbocycles. The lowest BCUT2D eigenvalue weighted by atomic mass is 9.86. The summed E-state index contributed by atoms with van der Waals surface area (Å²) in [6.07, 6.45) is 0. The fraction of sp³-hybridized carbons (Fsp3) is 0.381. The topological polar surface area (TPSA) is 49.6 Å². The first-order valence-electron chi connectivity index (χ1n) is 8.96. The van der Waals surface area contributed by atoms with E-state index in [4.69, 9.17) is 17.3 Å². The number of rotatable bonds is 2. The van der Waals surface area contributed by atoms with Gasteiger partial charge < -0.3 is 15.5 Å². The van der Waals surface area contributed by atoms with Crippen molar-refractivity contribution in [2.24, 2.45) is 0 Å². The summed E-state index contributed by atoms with van der Waals surface area (Å²) in [7, 11) is 0. The van der Waals surface area contributed by atoms with Gasteiger partial charge >= 0.3 is 0 Å². The predicted molar refractivity (Wildman–Crippen MR) is 109 cm³/mol. The molecule has 2 N–H and O–H groups in total. The molecule has 0 saturated carbocycles. The minimum atomic E-state index is 0.0808. The summed E-state index contributed by atoms with van der Waals surface area (Å²) in [6.45, 7) is 9.27. The molecule has 1 fully saturated rings. The number of nitrogen functional groups attached to an aromatic ring is 1. The Morgan fingerprint density at radius 1 is 1.00 bits per heavy atom. The second-order valence-electron chi connectivity index (χ2n) is 7.78. The van der Waals surface area contributed by atoms with Crippen LogP contribution in [0.1, 0.15) is 36.7 Å². The van der Waals surface area contributed by atoms with Crippen molar-refractivity contribution in [3.63, 3.8) is 0 Å². The van der Waals surface area contributed by atoms with E-state index in [1.807, 2.05) is 47.4 Å². The van der Waals surface area contributed by atoms with E-state index in [-0.39, 0.29) is 11.3 Å². The summed E-state index contributed by atoms with van der Waals surface area (Å²) in [5.74, 6) is 0.0808. The number of carbonyl (C=O) groups is 1. The molecule has 138 valence electrons. The SMILES string of the molecule is CC(C)(C)c1ccc(C(=O)N2CCN(c3c(N)cccc3Cl)CC2)cc1. The van der Waals surface area contributed by atoms with E-state index < -0.39 is 0 Å². The number of benzene rings is 2. The fourth-order valence-electron chi connectivity index (χ4n) is 3.29. The number of anilines is 2. The zero-order valence-corrected chi connectivity index (χ0v) is 16.4. The molecule has 2 aromatic carbocycles. The number of carbonyl (C=O) groups excluding carboxylic acids is 1. The Morgan fingerprint density at radius 3 is 2.15 bits per heavy atom. The molecule has 0 spiro atoms. The zero-order valence-electron chi connectivity index (χ0n) is 15.6. The second kappa shape index (κ2) is 7.20. The van der Waals surface area contributed by atoms with Crippen molar-refractivity contribution in [2.45, 2.75) is 26.2 Å². The van der Waals surface area contributed by atoms with E-state index in [1.165, 1.54) is 5.56 Å². The first-order valence-corrected chi connectivity index (χ1v) is 9.34. The van der Waals surface area contributed by atoms with Gasteiger partial charge in [-0.05, 0) is 35.2 Å². The average Bonchev–Trinajstić information content (AvgIpc) is 2.61. The van der Waals surface area contributed by atoms with Crippen molar-refractivity contribution in [2.75, 3.05) is 36.8 Å². The first kappa shape index (κ1) is 18.6. The zero-order chi connectivity index (χ0) is 18.9. The van der Waals surface area contributed by atoms with Gasteiger partial charge in [0.05, 0.1) is 16.4 Å². The number of halogens is 1. The van der Waals surface area contributed by atoms with Gasteiger partial charge in [-0.15, -0.1) is 0 Å². The summed E-state index contributed by atoms with van der Waals surface area (Å²) in [6, 6.07) is 13.5. The molecule has 0 aromatic heterocycles. The summed E-state index contributed by atoms with van der Waals surface area (Å²) >= 11 is 6.31. The number of hydrogen-bond donors (Lipinski definition) is 1. The highest BCUT2D eigenvalue weighted by Crippen LogP contribution is 2.32. The van der Waals surface area contributed by atoms with Crippen LogP contribution >= 0.6 is 11.6 Å². The number of para-hydroxylation sites is 1. The van der Waals surface area contributed by atoms with Crippen molar-refractivity contribution in [3.05, 3.63) is 58.6 Å². The Kier molecular flexibility index (Phi) is 5.15. The highest BCUT2D eigenvalue weighted by Gasteiger charge is 2.24. The predicted octanol–water partition coefficient (Wildman–Crippen LogP) is 4.18. The van der Waals surface area contributed by atoms with E-state index in [0.717, 1.165) is 24.3 Å². The number of amides is 1. The molecule has 0 unspecified atom stereocenters.